The monoisotopic (exact) mass is 292 g/mol. The number of fused-ring (bicyclic) bond motifs is 1. The molecule has 0 radical (unpaired) electrons. The molecule has 0 amide bonds. The Morgan fingerprint density at radius 3 is 2.65 bits per heavy atom. The van der Waals surface area contributed by atoms with Crippen LogP contribution in [0.3, 0.4) is 0 Å². The summed E-state index contributed by atoms with van der Waals surface area (Å²) in [6.07, 6.45) is 1.91. The molecule has 2 unspecified atom stereocenters. The van der Waals surface area contributed by atoms with Crippen molar-refractivity contribution in [2.24, 2.45) is 5.92 Å². The van der Waals surface area contributed by atoms with Crippen LogP contribution < -0.4 is 5.32 Å². The van der Waals surface area contributed by atoms with E-state index in [-0.39, 0.29) is 12.6 Å². The predicted molar refractivity (Wildman–Crippen MR) is 86.3 cm³/mol. The number of aromatic nitrogens is 1. The second-order valence-corrected chi connectivity index (χ2v) is 6.97. The lowest BCUT2D eigenvalue weighted by Gasteiger charge is -2.22. The molecule has 20 heavy (non-hydrogen) atoms. The van der Waals surface area contributed by atoms with Crippen LogP contribution in [0.25, 0.3) is 10.2 Å². The van der Waals surface area contributed by atoms with Crippen molar-refractivity contribution >= 4 is 21.6 Å². The van der Waals surface area contributed by atoms with Gasteiger partial charge in [0.05, 0.1) is 21.8 Å². The van der Waals surface area contributed by atoms with E-state index in [2.05, 4.69) is 49.3 Å². The normalized spacial score (nSPS) is 14.8. The number of aliphatic hydroxyl groups excluding tert-OH is 1. The maximum absolute atomic E-state index is 9.43. The first-order valence-electron chi connectivity index (χ1n) is 7.29. The lowest BCUT2D eigenvalue weighted by atomic mass is 10.0. The van der Waals surface area contributed by atoms with Gasteiger partial charge in [-0.3, -0.25) is 0 Å². The molecule has 0 aliphatic heterocycles. The number of hydrogen-bond acceptors (Lipinski definition) is 4. The molecule has 0 saturated heterocycles. The van der Waals surface area contributed by atoms with E-state index < -0.39 is 0 Å². The van der Waals surface area contributed by atoms with Gasteiger partial charge in [-0.2, -0.15) is 0 Å². The number of benzene rings is 1. The number of thiazole rings is 1. The topological polar surface area (TPSA) is 45.1 Å². The Kier molecular flexibility index (Phi) is 5.52. The predicted octanol–water partition coefficient (Wildman–Crippen LogP) is 3.22. The molecule has 0 saturated carbocycles. The van der Waals surface area contributed by atoms with Crippen LogP contribution in [0.4, 0.5) is 0 Å². The van der Waals surface area contributed by atoms with Crippen LogP contribution in [-0.2, 0) is 6.42 Å². The van der Waals surface area contributed by atoms with Crippen molar-refractivity contribution in [3.63, 3.8) is 0 Å². The zero-order valence-electron chi connectivity index (χ0n) is 12.5. The van der Waals surface area contributed by atoms with Crippen LogP contribution in [0.2, 0.25) is 0 Å². The molecule has 2 atom stereocenters. The Hall–Kier alpha value is -0.970. The van der Waals surface area contributed by atoms with Gasteiger partial charge in [-0.1, -0.05) is 26.0 Å². The van der Waals surface area contributed by atoms with Gasteiger partial charge in [-0.25, -0.2) is 4.98 Å². The molecule has 0 aliphatic carbocycles. The molecule has 1 aromatic carbocycles. The van der Waals surface area contributed by atoms with Crippen LogP contribution >= 0.6 is 11.3 Å². The smallest absolute Gasteiger partial charge is 0.0954 e. The Morgan fingerprint density at radius 2 is 2.00 bits per heavy atom. The van der Waals surface area contributed by atoms with Crippen LogP contribution in [0.15, 0.2) is 24.3 Å². The molecule has 2 N–H and O–H groups in total. The highest BCUT2D eigenvalue weighted by Gasteiger charge is 2.14. The third kappa shape index (κ3) is 4.27. The molecule has 0 bridgehead atoms. The number of para-hydroxylation sites is 1. The summed E-state index contributed by atoms with van der Waals surface area (Å²) in [6.45, 7) is 6.72. The van der Waals surface area contributed by atoms with Gasteiger partial charge in [0.1, 0.15) is 0 Å². The van der Waals surface area contributed by atoms with E-state index in [0.717, 1.165) is 23.4 Å². The first-order chi connectivity index (χ1) is 9.58. The SMILES string of the molecule is CC(C)CC(CO)NC(C)Cc1nc2ccccc2s1. The molecule has 2 rings (SSSR count). The van der Waals surface area contributed by atoms with E-state index >= 15 is 0 Å². The second-order valence-electron chi connectivity index (χ2n) is 5.86. The van der Waals surface area contributed by atoms with Gasteiger partial charge in [0.15, 0.2) is 0 Å². The highest BCUT2D eigenvalue weighted by Crippen LogP contribution is 2.22. The Bertz CT molecular complexity index is 505. The third-order valence-electron chi connectivity index (χ3n) is 3.32. The number of nitrogens with zero attached hydrogens (tertiary/aromatic N) is 1. The fourth-order valence-corrected chi connectivity index (χ4v) is 3.59. The minimum Gasteiger partial charge on any atom is -0.395 e. The minimum atomic E-state index is 0.180. The van der Waals surface area contributed by atoms with Crippen molar-refractivity contribution in [2.75, 3.05) is 6.61 Å². The Balaban J connectivity index is 1.94. The average Bonchev–Trinajstić information content (AvgIpc) is 2.79. The van der Waals surface area contributed by atoms with Crippen molar-refractivity contribution in [1.82, 2.24) is 10.3 Å². The molecule has 0 aliphatic rings. The highest BCUT2D eigenvalue weighted by molar-refractivity contribution is 7.18. The van der Waals surface area contributed by atoms with Crippen molar-refractivity contribution in [1.29, 1.82) is 0 Å². The summed E-state index contributed by atoms with van der Waals surface area (Å²) in [7, 11) is 0. The quantitative estimate of drug-likeness (QED) is 0.823. The Labute approximate surface area is 125 Å². The summed E-state index contributed by atoms with van der Waals surface area (Å²) >= 11 is 1.76. The number of rotatable bonds is 7. The summed E-state index contributed by atoms with van der Waals surface area (Å²) in [5.41, 5.74) is 1.08. The minimum absolute atomic E-state index is 0.180. The van der Waals surface area contributed by atoms with Gasteiger partial charge in [0.2, 0.25) is 0 Å². The number of aliphatic hydroxyl groups is 1. The Morgan fingerprint density at radius 1 is 1.25 bits per heavy atom. The maximum atomic E-state index is 9.43. The summed E-state index contributed by atoms with van der Waals surface area (Å²) < 4.78 is 1.25. The third-order valence-corrected chi connectivity index (χ3v) is 4.37. The molecule has 3 nitrogen and oxygen atoms in total. The molecular weight excluding hydrogens is 268 g/mol. The molecule has 110 valence electrons. The van der Waals surface area contributed by atoms with E-state index in [9.17, 15) is 5.11 Å². The van der Waals surface area contributed by atoms with Gasteiger partial charge in [-0.15, -0.1) is 11.3 Å². The van der Waals surface area contributed by atoms with Crippen molar-refractivity contribution in [3.8, 4) is 0 Å². The van der Waals surface area contributed by atoms with E-state index in [0.29, 0.717) is 12.0 Å². The lowest BCUT2D eigenvalue weighted by molar-refractivity contribution is 0.214. The van der Waals surface area contributed by atoms with Gasteiger partial charge in [-0.05, 0) is 31.4 Å². The highest BCUT2D eigenvalue weighted by atomic mass is 32.1. The number of nitrogens with one attached hydrogen (secondary N) is 1. The first kappa shape index (κ1) is 15.4. The van der Waals surface area contributed by atoms with Gasteiger partial charge in [0, 0.05) is 18.5 Å². The maximum Gasteiger partial charge on any atom is 0.0954 e. The molecule has 0 fully saturated rings. The van der Waals surface area contributed by atoms with E-state index in [4.69, 9.17) is 0 Å². The standard InChI is InChI=1S/C16H24N2OS/c1-11(2)8-13(10-19)17-12(3)9-16-18-14-6-4-5-7-15(14)20-16/h4-7,11-13,17,19H,8-10H2,1-3H3. The molecule has 4 heteroatoms. The van der Waals surface area contributed by atoms with Crippen LogP contribution in [0.1, 0.15) is 32.2 Å². The summed E-state index contributed by atoms with van der Waals surface area (Å²) in [5, 5.41) is 14.1. The lowest BCUT2D eigenvalue weighted by Crippen LogP contribution is -2.40. The summed E-state index contributed by atoms with van der Waals surface area (Å²) in [6, 6.07) is 8.76. The van der Waals surface area contributed by atoms with Crippen molar-refractivity contribution in [3.05, 3.63) is 29.3 Å². The largest absolute Gasteiger partial charge is 0.395 e. The van der Waals surface area contributed by atoms with Gasteiger partial charge < -0.3 is 10.4 Å². The van der Waals surface area contributed by atoms with Crippen LogP contribution in [0.5, 0.6) is 0 Å². The zero-order chi connectivity index (χ0) is 14.5. The van der Waals surface area contributed by atoms with Gasteiger partial charge in [0.25, 0.3) is 0 Å². The molecular formula is C16H24N2OS. The zero-order valence-corrected chi connectivity index (χ0v) is 13.3. The fraction of sp³-hybridized carbons (Fsp3) is 0.562. The molecule has 2 aromatic rings. The molecule has 1 heterocycles. The molecule has 0 spiro atoms. The van der Waals surface area contributed by atoms with E-state index in [1.54, 1.807) is 11.3 Å². The molecule has 1 aromatic heterocycles. The summed E-state index contributed by atoms with van der Waals surface area (Å²) in [5.74, 6) is 0.592. The first-order valence-corrected chi connectivity index (χ1v) is 8.11. The number of hydrogen-bond donors (Lipinski definition) is 2. The van der Waals surface area contributed by atoms with Gasteiger partial charge >= 0.3 is 0 Å². The van der Waals surface area contributed by atoms with Crippen LogP contribution in [-0.4, -0.2) is 28.8 Å². The van der Waals surface area contributed by atoms with E-state index in [1.807, 2.05) is 6.07 Å². The van der Waals surface area contributed by atoms with Crippen molar-refractivity contribution < 1.29 is 5.11 Å². The van der Waals surface area contributed by atoms with Crippen molar-refractivity contribution in [2.45, 2.75) is 45.7 Å². The fourth-order valence-electron chi connectivity index (χ4n) is 2.49. The van der Waals surface area contributed by atoms with Crippen LogP contribution in [0, 0.1) is 5.92 Å². The second kappa shape index (κ2) is 7.16. The van der Waals surface area contributed by atoms with E-state index in [1.165, 1.54) is 4.70 Å². The summed E-state index contributed by atoms with van der Waals surface area (Å²) in [4.78, 5) is 4.66. The average molecular weight is 292 g/mol.